The molecule has 2 N–H and O–H groups in total. The standard InChI is InChI=1S/C14H27FN2/c1-4-13(6-9-16)12(3)17-10-7-14(15,5-2)8-11-17/h13H,3-11,16H2,1-2H3. The Hall–Kier alpha value is -0.570. The number of piperidine rings is 1. The van der Waals surface area contributed by atoms with Gasteiger partial charge in [0.15, 0.2) is 0 Å². The third kappa shape index (κ3) is 3.70. The van der Waals surface area contributed by atoms with E-state index >= 15 is 0 Å². The Kier molecular flexibility index (Phi) is 5.44. The summed E-state index contributed by atoms with van der Waals surface area (Å²) >= 11 is 0. The summed E-state index contributed by atoms with van der Waals surface area (Å²) in [6, 6.07) is 0. The maximum atomic E-state index is 14.1. The van der Waals surface area contributed by atoms with E-state index in [-0.39, 0.29) is 0 Å². The summed E-state index contributed by atoms with van der Waals surface area (Å²) in [6.45, 7) is 10.6. The summed E-state index contributed by atoms with van der Waals surface area (Å²) in [6.07, 6.45) is 3.97. The Balaban J connectivity index is 2.50. The molecule has 0 spiro atoms. The van der Waals surface area contributed by atoms with Crippen molar-refractivity contribution in [2.75, 3.05) is 19.6 Å². The van der Waals surface area contributed by atoms with E-state index in [1.165, 1.54) is 0 Å². The van der Waals surface area contributed by atoms with Crippen LogP contribution in [0.25, 0.3) is 0 Å². The molecule has 17 heavy (non-hydrogen) atoms. The fourth-order valence-corrected chi connectivity index (χ4v) is 2.61. The van der Waals surface area contributed by atoms with Gasteiger partial charge < -0.3 is 10.6 Å². The van der Waals surface area contributed by atoms with E-state index in [1.807, 2.05) is 6.92 Å². The van der Waals surface area contributed by atoms with E-state index in [0.717, 1.165) is 31.6 Å². The zero-order valence-corrected chi connectivity index (χ0v) is 11.3. The van der Waals surface area contributed by atoms with Crippen molar-refractivity contribution in [1.82, 2.24) is 4.90 Å². The quantitative estimate of drug-likeness (QED) is 0.775. The van der Waals surface area contributed by atoms with Gasteiger partial charge >= 0.3 is 0 Å². The minimum absolute atomic E-state index is 0.466. The van der Waals surface area contributed by atoms with Crippen molar-refractivity contribution >= 4 is 0 Å². The molecule has 1 aliphatic heterocycles. The molecule has 0 aromatic heterocycles. The van der Waals surface area contributed by atoms with Crippen molar-refractivity contribution in [3.05, 3.63) is 12.3 Å². The Morgan fingerprint density at radius 3 is 2.41 bits per heavy atom. The normalized spacial score (nSPS) is 21.3. The monoisotopic (exact) mass is 242 g/mol. The number of rotatable bonds is 6. The summed E-state index contributed by atoms with van der Waals surface area (Å²) in [4.78, 5) is 2.26. The lowest BCUT2D eigenvalue weighted by molar-refractivity contribution is 0.0641. The van der Waals surface area contributed by atoms with Gasteiger partial charge in [-0.2, -0.15) is 0 Å². The van der Waals surface area contributed by atoms with Gasteiger partial charge in [-0.15, -0.1) is 0 Å². The molecule has 1 fully saturated rings. The molecule has 0 amide bonds. The highest BCUT2D eigenvalue weighted by Crippen LogP contribution is 2.32. The van der Waals surface area contributed by atoms with Crippen LogP contribution in [0.3, 0.4) is 0 Å². The molecular weight excluding hydrogens is 215 g/mol. The molecule has 0 aromatic rings. The average Bonchev–Trinajstić information content (AvgIpc) is 2.36. The van der Waals surface area contributed by atoms with Gasteiger partial charge in [0.05, 0.1) is 0 Å². The van der Waals surface area contributed by atoms with Gasteiger partial charge in [0, 0.05) is 18.8 Å². The molecule has 1 unspecified atom stereocenters. The van der Waals surface area contributed by atoms with Crippen LogP contribution in [0.4, 0.5) is 4.39 Å². The van der Waals surface area contributed by atoms with E-state index in [2.05, 4.69) is 18.4 Å². The van der Waals surface area contributed by atoms with Gasteiger partial charge in [0.2, 0.25) is 0 Å². The van der Waals surface area contributed by atoms with E-state index in [1.54, 1.807) is 0 Å². The summed E-state index contributed by atoms with van der Waals surface area (Å²) in [5.41, 5.74) is 5.84. The van der Waals surface area contributed by atoms with E-state index in [9.17, 15) is 4.39 Å². The van der Waals surface area contributed by atoms with Crippen molar-refractivity contribution in [3.8, 4) is 0 Å². The van der Waals surface area contributed by atoms with Gasteiger partial charge in [0.1, 0.15) is 5.67 Å². The number of hydrogen-bond donors (Lipinski definition) is 1. The lowest BCUT2D eigenvalue weighted by atomic mass is 9.89. The first-order chi connectivity index (χ1) is 8.06. The number of nitrogens with zero attached hydrogens (tertiary/aromatic N) is 1. The summed E-state index contributed by atoms with van der Waals surface area (Å²) in [5.74, 6) is 0.466. The molecule has 0 bridgehead atoms. The van der Waals surface area contributed by atoms with Crippen LogP contribution in [-0.2, 0) is 0 Å². The predicted molar refractivity (Wildman–Crippen MR) is 71.5 cm³/mol. The van der Waals surface area contributed by atoms with Crippen LogP contribution in [0.15, 0.2) is 12.3 Å². The molecule has 3 heteroatoms. The molecule has 0 saturated carbocycles. The van der Waals surface area contributed by atoms with Crippen molar-refractivity contribution in [1.29, 1.82) is 0 Å². The van der Waals surface area contributed by atoms with Gasteiger partial charge in [-0.25, -0.2) is 4.39 Å². The molecule has 0 aromatic carbocycles. The minimum atomic E-state index is -0.938. The van der Waals surface area contributed by atoms with Crippen LogP contribution in [-0.4, -0.2) is 30.2 Å². The van der Waals surface area contributed by atoms with E-state index < -0.39 is 5.67 Å². The van der Waals surface area contributed by atoms with Crippen LogP contribution in [0.5, 0.6) is 0 Å². The smallest absolute Gasteiger partial charge is 0.114 e. The van der Waals surface area contributed by atoms with Gasteiger partial charge in [-0.05, 0) is 44.6 Å². The highest BCUT2D eigenvalue weighted by atomic mass is 19.1. The largest absolute Gasteiger partial charge is 0.375 e. The molecule has 1 rings (SSSR count). The summed E-state index contributed by atoms with van der Waals surface area (Å²) < 4.78 is 14.1. The van der Waals surface area contributed by atoms with Crippen molar-refractivity contribution in [2.24, 2.45) is 11.7 Å². The first-order valence-corrected chi connectivity index (χ1v) is 6.89. The SMILES string of the molecule is C=C(C(CC)CCN)N1CCC(F)(CC)CC1. The van der Waals surface area contributed by atoms with Gasteiger partial charge in [-0.1, -0.05) is 20.4 Å². The van der Waals surface area contributed by atoms with E-state index in [4.69, 9.17) is 5.73 Å². The maximum Gasteiger partial charge on any atom is 0.114 e. The molecule has 1 saturated heterocycles. The van der Waals surface area contributed by atoms with Crippen LogP contribution in [0.1, 0.15) is 46.0 Å². The third-order valence-corrected chi connectivity index (χ3v) is 4.18. The zero-order valence-electron chi connectivity index (χ0n) is 11.3. The highest BCUT2D eigenvalue weighted by Gasteiger charge is 2.33. The Morgan fingerprint density at radius 1 is 1.41 bits per heavy atom. The Morgan fingerprint density at radius 2 is 2.00 bits per heavy atom. The van der Waals surface area contributed by atoms with Crippen LogP contribution in [0, 0.1) is 5.92 Å². The van der Waals surface area contributed by atoms with Crippen molar-refractivity contribution < 1.29 is 4.39 Å². The van der Waals surface area contributed by atoms with Gasteiger partial charge in [0.25, 0.3) is 0 Å². The van der Waals surface area contributed by atoms with Crippen LogP contribution in [0.2, 0.25) is 0 Å². The molecular formula is C14H27FN2. The fourth-order valence-electron chi connectivity index (χ4n) is 2.61. The number of nitrogens with two attached hydrogens (primary N) is 1. The minimum Gasteiger partial charge on any atom is -0.375 e. The first kappa shape index (κ1) is 14.5. The summed E-state index contributed by atoms with van der Waals surface area (Å²) in [5, 5.41) is 0. The number of likely N-dealkylation sites (tertiary alicyclic amines) is 1. The molecule has 1 heterocycles. The van der Waals surface area contributed by atoms with Gasteiger partial charge in [-0.3, -0.25) is 0 Å². The average molecular weight is 242 g/mol. The first-order valence-electron chi connectivity index (χ1n) is 6.89. The molecule has 100 valence electrons. The van der Waals surface area contributed by atoms with Crippen molar-refractivity contribution in [2.45, 2.75) is 51.6 Å². The third-order valence-electron chi connectivity index (χ3n) is 4.18. The second kappa shape index (κ2) is 6.39. The number of allylic oxidation sites excluding steroid dienone is 1. The Bertz CT molecular complexity index is 245. The predicted octanol–water partition coefficient (Wildman–Crippen LogP) is 3.09. The Labute approximate surface area is 105 Å². The maximum absolute atomic E-state index is 14.1. The van der Waals surface area contributed by atoms with Crippen LogP contribution < -0.4 is 5.73 Å². The van der Waals surface area contributed by atoms with Crippen LogP contribution >= 0.6 is 0 Å². The number of hydrogen-bond acceptors (Lipinski definition) is 2. The fraction of sp³-hybridized carbons (Fsp3) is 0.857. The number of alkyl halides is 1. The molecule has 1 atom stereocenters. The molecule has 0 aliphatic carbocycles. The molecule has 2 nitrogen and oxygen atoms in total. The molecule has 1 aliphatic rings. The second-order valence-corrected chi connectivity index (χ2v) is 5.17. The van der Waals surface area contributed by atoms with Crippen molar-refractivity contribution in [3.63, 3.8) is 0 Å². The molecule has 0 radical (unpaired) electrons. The summed E-state index contributed by atoms with van der Waals surface area (Å²) in [7, 11) is 0. The number of halogens is 1. The lowest BCUT2D eigenvalue weighted by Gasteiger charge is -2.40. The van der Waals surface area contributed by atoms with E-state index in [0.29, 0.717) is 31.7 Å². The lowest BCUT2D eigenvalue weighted by Crippen LogP contribution is -2.42. The second-order valence-electron chi connectivity index (χ2n) is 5.17. The zero-order chi connectivity index (χ0) is 12.9. The highest BCUT2D eigenvalue weighted by molar-refractivity contribution is 5.03. The topological polar surface area (TPSA) is 29.3 Å².